The van der Waals surface area contributed by atoms with Crippen molar-refractivity contribution in [2.45, 2.75) is 38.5 Å². The molecule has 2 atom stereocenters. The van der Waals surface area contributed by atoms with Crippen LogP contribution in [0.25, 0.3) is 0 Å². The number of methoxy groups -OCH3 is 1. The number of nitrogens with one attached hydrogen (secondary N) is 2. The quantitative estimate of drug-likeness (QED) is 0.512. The maximum absolute atomic E-state index is 13.3. The average Bonchev–Trinajstić information content (AvgIpc) is 3.54. The molecule has 11 heteroatoms. The van der Waals surface area contributed by atoms with Gasteiger partial charge in [0.2, 0.25) is 5.91 Å². The molecule has 2 N–H and O–H groups in total. The summed E-state index contributed by atoms with van der Waals surface area (Å²) in [5.74, 6) is 0.649. The monoisotopic (exact) mass is 550 g/mol. The van der Waals surface area contributed by atoms with Gasteiger partial charge in [-0.15, -0.1) is 11.3 Å². The number of benzene rings is 2. The molecule has 0 unspecified atom stereocenters. The van der Waals surface area contributed by atoms with E-state index in [1.807, 2.05) is 31.2 Å². The van der Waals surface area contributed by atoms with Crippen LogP contribution in [0, 0.1) is 6.92 Å². The van der Waals surface area contributed by atoms with E-state index in [0.29, 0.717) is 49.5 Å². The number of amides is 3. The molecule has 4 bridgehead atoms. The Bertz CT molecular complexity index is 1360. The Kier molecular flexibility index (Phi) is 7.97. The normalized spacial score (nSPS) is 19.3. The summed E-state index contributed by atoms with van der Waals surface area (Å²) >= 11 is 1.55. The second-order valence-corrected chi connectivity index (χ2v) is 10.4. The molecule has 3 aliphatic rings. The highest BCUT2D eigenvalue weighted by Crippen LogP contribution is 2.29. The summed E-state index contributed by atoms with van der Waals surface area (Å²) in [6.07, 6.45) is 0.537. The molecule has 3 aromatic rings. The fourth-order valence-electron chi connectivity index (χ4n) is 4.62. The second kappa shape index (κ2) is 11.7. The Balaban J connectivity index is 1.38. The van der Waals surface area contributed by atoms with Gasteiger partial charge in [-0.05, 0) is 49.2 Å². The number of thiazole rings is 1. The Morgan fingerprint density at radius 1 is 1.18 bits per heavy atom. The first-order valence-electron chi connectivity index (χ1n) is 12.7. The average molecular weight is 551 g/mol. The summed E-state index contributed by atoms with van der Waals surface area (Å²) in [4.78, 5) is 45.9. The largest absolute Gasteiger partial charge is 0.493 e. The maximum atomic E-state index is 13.3. The maximum Gasteiger partial charge on any atom is 0.258 e. The molecule has 1 aromatic heterocycles. The van der Waals surface area contributed by atoms with Gasteiger partial charge in [0.05, 0.1) is 30.9 Å². The molecular weight excluding hydrogens is 520 g/mol. The van der Waals surface area contributed by atoms with Crippen LogP contribution in [-0.4, -0.2) is 66.6 Å². The van der Waals surface area contributed by atoms with Crippen LogP contribution in [0.1, 0.15) is 32.9 Å². The van der Waals surface area contributed by atoms with Crippen molar-refractivity contribution >= 4 is 29.1 Å². The van der Waals surface area contributed by atoms with Crippen LogP contribution in [0.2, 0.25) is 0 Å². The first kappa shape index (κ1) is 26.5. The zero-order chi connectivity index (χ0) is 27.4. The van der Waals surface area contributed by atoms with E-state index in [1.165, 1.54) is 7.11 Å². The van der Waals surface area contributed by atoms with Crippen molar-refractivity contribution in [3.63, 3.8) is 0 Å². The molecule has 1 saturated heterocycles. The fourth-order valence-corrected chi connectivity index (χ4v) is 5.40. The fraction of sp³-hybridized carbons (Fsp3) is 0.357. The lowest BCUT2D eigenvalue weighted by atomic mass is 10.1. The predicted molar refractivity (Wildman–Crippen MR) is 144 cm³/mol. The van der Waals surface area contributed by atoms with E-state index in [9.17, 15) is 14.4 Å². The number of fused-ring (bicyclic) bond motifs is 7. The molecule has 2 aromatic carbocycles. The number of aromatic nitrogens is 1. The number of ether oxygens (including phenoxy) is 3. The number of carbonyl (C=O) groups is 3. The lowest BCUT2D eigenvalue weighted by molar-refractivity contribution is -0.130. The highest BCUT2D eigenvalue weighted by atomic mass is 32.1. The molecule has 204 valence electrons. The minimum atomic E-state index is -0.446. The molecule has 0 saturated carbocycles. The lowest BCUT2D eigenvalue weighted by Gasteiger charge is -2.21. The molecule has 0 radical (unpaired) electrons. The van der Waals surface area contributed by atoms with E-state index in [-0.39, 0.29) is 30.1 Å². The van der Waals surface area contributed by atoms with Crippen LogP contribution in [0.4, 0.5) is 0 Å². The highest BCUT2D eigenvalue weighted by Gasteiger charge is 2.38. The Morgan fingerprint density at radius 3 is 2.74 bits per heavy atom. The van der Waals surface area contributed by atoms with Gasteiger partial charge in [-0.25, -0.2) is 4.98 Å². The molecule has 10 nitrogen and oxygen atoms in total. The smallest absolute Gasteiger partial charge is 0.258 e. The third kappa shape index (κ3) is 6.31. The van der Waals surface area contributed by atoms with Gasteiger partial charge in [0.1, 0.15) is 11.9 Å². The van der Waals surface area contributed by atoms with Gasteiger partial charge in [-0.2, -0.15) is 0 Å². The van der Waals surface area contributed by atoms with Crippen molar-refractivity contribution in [3.8, 4) is 17.2 Å². The predicted octanol–water partition coefficient (Wildman–Crippen LogP) is 2.49. The first-order chi connectivity index (χ1) is 18.9. The molecule has 4 heterocycles. The van der Waals surface area contributed by atoms with E-state index in [0.717, 1.165) is 16.1 Å². The van der Waals surface area contributed by atoms with Gasteiger partial charge >= 0.3 is 0 Å². The van der Waals surface area contributed by atoms with E-state index in [2.05, 4.69) is 15.6 Å². The van der Waals surface area contributed by atoms with Gasteiger partial charge in [-0.3, -0.25) is 14.4 Å². The van der Waals surface area contributed by atoms with Crippen molar-refractivity contribution in [3.05, 3.63) is 69.7 Å². The Hall–Kier alpha value is -4.12. The summed E-state index contributed by atoms with van der Waals surface area (Å²) in [6.45, 7) is 2.71. The number of likely N-dealkylation sites (tertiary alicyclic amines) is 1. The van der Waals surface area contributed by atoms with Crippen molar-refractivity contribution in [2.75, 3.05) is 26.8 Å². The first-order valence-corrected chi connectivity index (χ1v) is 13.6. The number of carbonyl (C=O) groups excluding carboxylic acids is 3. The van der Waals surface area contributed by atoms with Gasteiger partial charge in [-0.1, -0.05) is 12.1 Å². The molecule has 0 aliphatic carbocycles. The number of nitrogens with zero attached hydrogens (tertiary/aromatic N) is 2. The summed E-state index contributed by atoms with van der Waals surface area (Å²) in [5.41, 5.74) is 3.97. The van der Waals surface area contributed by atoms with Crippen LogP contribution in [-0.2, 0) is 22.6 Å². The van der Waals surface area contributed by atoms with Gasteiger partial charge in [0, 0.05) is 30.0 Å². The molecular formula is C28H30N4O6S. The highest BCUT2D eigenvalue weighted by molar-refractivity contribution is 7.09. The second-order valence-electron chi connectivity index (χ2n) is 9.47. The molecule has 3 amide bonds. The van der Waals surface area contributed by atoms with Gasteiger partial charge in [0.25, 0.3) is 11.8 Å². The minimum Gasteiger partial charge on any atom is -0.493 e. The van der Waals surface area contributed by atoms with Crippen LogP contribution in [0.5, 0.6) is 17.2 Å². The molecule has 3 aliphatic heterocycles. The van der Waals surface area contributed by atoms with Crippen molar-refractivity contribution < 1.29 is 28.6 Å². The summed E-state index contributed by atoms with van der Waals surface area (Å²) in [7, 11) is 1.49. The standard InChI is InChI=1S/C28H30N4O6S/c1-17-25(39-16-30-17)9-10-27(34)32-13-21-24(14-32)38-20-6-3-18(4-7-20)12-29-26(33)15-37-23-11-19(28(35)31-21)5-8-22(23)36-2/h3-8,11,16,21,24H,9-10,12-15H2,1-2H3,(H,29,33)(H,31,35)/t21-,24-/m0/s1. The number of aryl methyl sites for hydroxylation is 2. The number of rotatable bonds is 4. The van der Waals surface area contributed by atoms with Crippen molar-refractivity contribution in [2.24, 2.45) is 0 Å². The van der Waals surface area contributed by atoms with Crippen LogP contribution >= 0.6 is 11.3 Å². The molecule has 39 heavy (non-hydrogen) atoms. The summed E-state index contributed by atoms with van der Waals surface area (Å²) in [6, 6.07) is 11.7. The van der Waals surface area contributed by atoms with Crippen LogP contribution in [0.3, 0.4) is 0 Å². The SMILES string of the molecule is COc1ccc2cc1OCC(=O)NCc1ccc(cc1)O[C@H]1CN(C(=O)CCc3scnc3C)C[C@@H]1NC2=O. The minimum absolute atomic E-state index is 0.00140. The Labute approximate surface area is 230 Å². The van der Waals surface area contributed by atoms with Crippen LogP contribution in [0.15, 0.2) is 48.0 Å². The van der Waals surface area contributed by atoms with E-state index < -0.39 is 12.1 Å². The lowest BCUT2D eigenvalue weighted by Crippen LogP contribution is -2.45. The van der Waals surface area contributed by atoms with Crippen molar-refractivity contribution in [1.82, 2.24) is 20.5 Å². The van der Waals surface area contributed by atoms with E-state index in [4.69, 9.17) is 14.2 Å². The van der Waals surface area contributed by atoms with E-state index >= 15 is 0 Å². The molecule has 0 spiro atoms. The third-order valence-corrected chi connectivity index (χ3v) is 7.83. The van der Waals surface area contributed by atoms with Gasteiger partial charge < -0.3 is 29.7 Å². The zero-order valence-electron chi connectivity index (χ0n) is 21.8. The molecule has 1 fully saturated rings. The number of hydrogen-bond donors (Lipinski definition) is 2. The summed E-state index contributed by atoms with van der Waals surface area (Å²) in [5, 5.41) is 5.86. The molecule has 6 rings (SSSR count). The topological polar surface area (TPSA) is 119 Å². The van der Waals surface area contributed by atoms with Crippen LogP contribution < -0.4 is 24.8 Å². The third-order valence-electron chi connectivity index (χ3n) is 6.83. The van der Waals surface area contributed by atoms with Crippen molar-refractivity contribution in [1.29, 1.82) is 0 Å². The number of hydrogen-bond acceptors (Lipinski definition) is 8. The summed E-state index contributed by atoms with van der Waals surface area (Å²) < 4.78 is 17.3. The van der Waals surface area contributed by atoms with Gasteiger partial charge in [0.15, 0.2) is 18.1 Å². The zero-order valence-corrected chi connectivity index (χ0v) is 22.6. The van der Waals surface area contributed by atoms with E-state index in [1.54, 1.807) is 39.9 Å². The Morgan fingerprint density at radius 2 is 2.00 bits per heavy atom.